The molecule has 110 valence electrons. The number of rotatable bonds is 3. The number of benzene rings is 1. The van der Waals surface area contributed by atoms with Crippen molar-refractivity contribution in [3.8, 4) is 0 Å². The van der Waals surface area contributed by atoms with Gasteiger partial charge in [0.25, 0.3) is 0 Å². The van der Waals surface area contributed by atoms with Gasteiger partial charge in [-0.05, 0) is 31.4 Å². The van der Waals surface area contributed by atoms with Crippen LogP contribution in [0.25, 0.3) is 0 Å². The molecule has 1 aliphatic rings. The van der Waals surface area contributed by atoms with Gasteiger partial charge in [-0.1, -0.05) is 25.1 Å². The number of hydrogen-bond donors (Lipinski definition) is 2. The quantitative estimate of drug-likeness (QED) is 0.911. The molecular formula is C16H19N3OS. The van der Waals surface area contributed by atoms with E-state index in [1.54, 1.807) is 11.3 Å². The minimum absolute atomic E-state index is 0.0420. The van der Waals surface area contributed by atoms with Crippen LogP contribution in [0.2, 0.25) is 0 Å². The van der Waals surface area contributed by atoms with Gasteiger partial charge < -0.3 is 10.6 Å². The number of fused-ring (bicyclic) bond motifs is 1. The predicted molar refractivity (Wildman–Crippen MR) is 87.1 cm³/mol. The fourth-order valence-corrected chi connectivity index (χ4v) is 3.65. The van der Waals surface area contributed by atoms with Crippen molar-refractivity contribution in [2.75, 3.05) is 17.2 Å². The van der Waals surface area contributed by atoms with Crippen molar-refractivity contribution < 1.29 is 4.79 Å². The Morgan fingerprint density at radius 3 is 3.05 bits per heavy atom. The van der Waals surface area contributed by atoms with Crippen LogP contribution in [0.4, 0.5) is 10.8 Å². The first kappa shape index (κ1) is 14.1. The molecule has 1 amide bonds. The maximum atomic E-state index is 12.6. The van der Waals surface area contributed by atoms with Crippen LogP contribution >= 0.6 is 11.3 Å². The summed E-state index contributed by atoms with van der Waals surface area (Å²) in [6, 6.07) is 8.02. The van der Waals surface area contributed by atoms with Gasteiger partial charge in [-0.3, -0.25) is 4.79 Å². The first-order valence-electron chi connectivity index (χ1n) is 7.29. The molecule has 0 radical (unpaired) electrons. The third-order valence-electron chi connectivity index (χ3n) is 3.86. The smallest absolute Gasteiger partial charge is 0.233 e. The third-order valence-corrected chi connectivity index (χ3v) is 4.79. The van der Waals surface area contributed by atoms with Crippen molar-refractivity contribution in [1.29, 1.82) is 0 Å². The van der Waals surface area contributed by atoms with Gasteiger partial charge in [0.15, 0.2) is 5.13 Å². The van der Waals surface area contributed by atoms with E-state index in [4.69, 9.17) is 0 Å². The van der Waals surface area contributed by atoms with E-state index in [-0.39, 0.29) is 11.8 Å². The SMILES string of the molecule is CCc1nc(NC(=O)C2CCNc3ccccc32)sc1C. The normalized spacial score (nSPS) is 17.0. The van der Waals surface area contributed by atoms with Crippen molar-refractivity contribution >= 4 is 28.1 Å². The molecule has 1 aromatic carbocycles. The summed E-state index contributed by atoms with van der Waals surface area (Å²) in [6.45, 7) is 4.95. The van der Waals surface area contributed by atoms with Crippen molar-refractivity contribution in [1.82, 2.24) is 4.98 Å². The van der Waals surface area contributed by atoms with E-state index in [0.717, 1.165) is 36.3 Å². The summed E-state index contributed by atoms with van der Waals surface area (Å²) < 4.78 is 0. The summed E-state index contributed by atoms with van der Waals surface area (Å²) in [5, 5.41) is 7.04. The number of carbonyl (C=O) groups is 1. The minimum atomic E-state index is -0.100. The molecule has 3 rings (SSSR count). The molecule has 2 heterocycles. The Labute approximate surface area is 128 Å². The van der Waals surface area contributed by atoms with Crippen molar-refractivity contribution in [3.05, 3.63) is 40.4 Å². The van der Waals surface area contributed by atoms with Gasteiger partial charge in [-0.2, -0.15) is 0 Å². The summed E-state index contributed by atoms with van der Waals surface area (Å²) in [5.41, 5.74) is 3.21. The molecule has 1 aliphatic heterocycles. The molecule has 2 aromatic rings. The maximum absolute atomic E-state index is 12.6. The highest BCUT2D eigenvalue weighted by molar-refractivity contribution is 7.15. The molecule has 5 heteroatoms. The number of aromatic nitrogens is 1. The third kappa shape index (κ3) is 2.78. The zero-order valence-corrected chi connectivity index (χ0v) is 13.1. The van der Waals surface area contributed by atoms with E-state index in [1.165, 1.54) is 4.88 Å². The fraction of sp³-hybridized carbons (Fsp3) is 0.375. The van der Waals surface area contributed by atoms with Crippen molar-refractivity contribution in [2.45, 2.75) is 32.6 Å². The highest BCUT2D eigenvalue weighted by Crippen LogP contribution is 2.32. The lowest BCUT2D eigenvalue weighted by molar-refractivity contribution is -0.117. The lowest BCUT2D eigenvalue weighted by Crippen LogP contribution is -2.27. The molecule has 0 fully saturated rings. The van der Waals surface area contributed by atoms with Gasteiger partial charge in [-0.15, -0.1) is 11.3 Å². The number of hydrogen-bond acceptors (Lipinski definition) is 4. The van der Waals surface area contributed by atoms with Gasteiger partial charge in [0.05, 0.1) is 11.6 Å². The Morgan fingerprint density at radius 2 is 2.29 bits per heavy atom. The van der Waals surface area contributed by atoms with E-state index in [0.29, 0.717) is 5.13 Å². The Bertz CT molecular complexity index is 665. The standard InChI is InChI=1S/C16H19N3OS/c1-3-13-10(2)21-16(18-13)19-15(20)12-8-9-17-14-7-5-4-6-11(12)14/h4-7,12,17H,3,8-9H2,1-2H3,(H,18,19,20). The van der Waals surface area contributed by atoms with E-state index in [2.05, 4.69) is 22.5 Å². The number of nitrogens with zero attached hydrogens (tertiary/aromatic N) is 1. The van der Waals surface area contributed by atoms with Gasteiger partial charge in [0, 0.05) is 17.1 Å². The number of anilines is 2. The van der Waals surface area contributed by atoms with E-state index in [1.807, 2.05) is 31.2 Å². The van der Waals surface area contributed by atoms with Crippen molar-refractivity contribution in [3.63, 3.8) is 0 Å². The summed E-state index contributed by atoms with van der Waals surface area (Å²) in [6.07, 6.45) is 1.71. The van der Waals surface area contributed by atoms with Gasteiger partial charge in [0.1, 0.15) is 0 Å². The lowest BCUT2D eigenvalue weighted by atomic mass is 9.90. The molecule has 0 saturated carbocycles. The second kappa shape index (κ2) is 5.85. The first-order valence-corrected chi connectivity index (χ1v) is 8.10. The molecule has 2 N–H and O–H groups in total. The zero-order valence-electron chi connectivity index (χ0n) is 12.3. The summed E-state index contributed by atoms with van der Waals surface area (Å²) in [5.74, 6) is -0.0583. The monoisotopic (exact) mass is 301 g/mol. The van der Waals surface area contributed by atoms with Crippen LogP contribution in [0, 0.1) is 6.92 Å². The maximum Gasteiger partial charge on any atom is 0.233 e. The van der Waals surface area contributed by atoms with Crippen LogP contribution in [-0.4, -0.2) is 17.4 Å². The van der Waals surface area contributed by atoms with E-state index in [9.17, 15) is 4.79 Å². The molecule has 4 nitrogen and oxygen atoms in total. The van der Waals surface area contributed by atoms with Crippen LogP contribution in [0.3, 0.4) is 0 Å². The fourth-order valence-electron chi connectivity index (χ4n) is 2.74. The van der Waals surface area contributed by atoms with Crippen LogP contribution in [-0.2, 0) is 11.2 Å². The zero-order chi connectivity index (χ0) is 14.8. The predicted octanol–water partition coefficient (Wildman–Crippen LogP) is 3.55. The first-order chi connectivity index (χ1) is 10.2. The molecule has 21 heavy (non-hydrogen) atoms. The van der Waals surface area contributed by atoms with E-state index >= 15 is 0 Å². The van der Waals surface area contributed by atoms with Crippen LogP contribution in [0.1, 0.15) is 35.4 Å². The molecule has 0 bridgehead atoms. The number of amides is 1. The molecule has 1 atom stereocenters. The van der Waals surface area contributed by atoms with Gasteiger partial charge >= 0.3 is 0 Å². The summed E-state index contributed by atoms with van der Waals surface area (Å²) in [4.78, 5) is 18.2. The highest BCUT2D eigenvalue weighted by Gasteiger charge is 2.26. The Morgan fingerprint density at radius 1 is 1.48 bits per heavy atom. The minimum Gasteiger partial charge on any atom is -0.385 e. The Kier molecular flexibility index (Phi) is 3.92. The van der Waals surface area contributed by atoms with Crippen molar-refractivity contribution in [2.24, 2.45) is 0 Å². The van der Waals surface area contributed by atoms with Gasteiger partial charge in [0.2, 0.25) is 5.91 Å². The molecule has 0 spiro atoms. The van der Waals surface area contributed by atoms with Crippen LogP contribution in [0.15, 0.2) is 24.3 Å². The largest absolute Gasteiger partial charge is 0.385 e. The Balaban J connectivity index is 1.80. The summed E-state index contributed by atoms with van der Waals surface area (Å²) in [7, 11) is 0. The number of carbonyl (C=O) groups excluding carboxylic acids is 1. The number of thiazole rings is 1. The average Bonchev–Trinajstić information content (AvgIpc) is 2.86. The Hall–Kier alpha value is -1.88. The molecule has 0 aliphatic carbocycles. The topological polar surface area (TPSA) is 54.0 Å². The highest BCUT2D eigenvalue weighted by atomic mass is 32.1. The number of aryl methyl sites for hydroxylation is 2. The number of para-hydroxylation sites is 1. The average molecular weight is 301 g/mol. The lowest BCUT2D eigenvalue weighted by Gasteiger charge is -2.25. The second-order valence-corrected chi connectivity index (χ2v) is 6.42. The van der Waals surface area contributed by atoms with E-state index < -0.39 is 0 Å². The van der Waals surface area contributed by atoms with Gasteiger partial charge in [-0.25, -0.2) is 4.98 Å². The second-order valence-electron chi connectivity index (χ2n) is 5.22. The molecule has 1 aromatic heterocycles. The number of nitrogens with one attached hydrogen (secondary N) is 2. The molecule has 0 saturated heterocycles. The van der Waals surface area contributed by atoms with Crippen LogP contribution in [0.5, 0.6) is 0 Å². The molecular weight excluding hydrogens is 282 g/mol. The summed E-state index contributed by atoms with van der Waals surface area (Å²) >= 11 is 1.55. The van der Waals surface area contributed by atoms with Crippen LogP contribution < -0.4 is 10.6 Å². The molecule has 1 unspecified atom stereocenters.